The van der Waals surface area contributed by atoms with Crippen LogP contribution in [0.2, 0.25) is 0 Å². The maximum atomic E-state index is 12.9. The van der Waals surface area contributed by atoms with Gasteiger partial charge in [0.15, 0.2) is 0 Å². The normalized spacial score (nSPS) is 14.2. The third-order valence-electron chi connectivity index (χ3n) is 6.34. The molecule has 258 valence electrons. The Morgan fingerprint density at radius 3 is 1.64 bits per heavy atom. The molecule has 0 spiro atoms. The van der Waals surface area contributed by atoms with Gasteiger partial charge in [0, 0.05) is 0 Å². The molecule has 0 aromatic rings. The Morgan fingerprint density at radius 2 is 1.18 bits per heavy atom. The minimum atomic E-state index is -1.59. The molecule has 0 aromatic heterocycles. The van der Waals surface area contributed by atoms with Gasteiger partial charge >= 0.3 is 5.97 Å². The Bertz CT molecular complexity index is 1000. The second kappa shape index (κ2) is 22.9. The van der Waals surface area contributed by atoms with Crippen molar-refractivity contribution in [1.29, 1.82) is 0 Å². The van der Waals surface area contributed by atoms with Crippen molar-refractivity contribution in [3.63, 3.8) is 0 Å². The molecule has 0 fully saturated rings. The monoisotopic (exact) mass is 664 g/mol. The van der Waals surface area contributed by atoms with Gasteiger partial charge in [-0.2, -0.15) is 11.8 Å². The quantitative estimate of drug-likeness (QED) is 0.0457. The molecule has 0 saturated heterocycles. The van der Waals surface area contributed by atoms with Crippen molar-refractivity contribution < 1.29 is 48.9 Å². The molecule has 18 nitrogen and oxygen atoms in total. The Hall–Kier alpha value is -3.52. The molecule has 19 heteroatoms. The molecule has 0 heterocycles. The van der Waals surface area contributed by atoms with E-state index in [-0.39, 0.29) is 18.8 Å². The molecule has 0 aliphatic heterocycles. The molecule has 45 heavy (non-hydrogen) atoms. The van der Waals surface area contributed by atoms with Crippen LogP contribution in [0.25, 0.3) is 0 Å². The van der Waals surface area contributed by atoms with Crippen LogP contribution in [-0.4, -0.2) is 132 Å². The van der Waals surface area contributed by atoms with E-state index in [2.05, 4.69) is 31.9 Å². The van der Waals surface area contributed by atoms with E-state index in [1.54, 1.807) is 20.1 Å². The lowest BCUT2D eigenvalue weighted by molar-refractivity contribution is -0.142. The van der Waals surface area contributed by atoms with Gasteiger partial charge < -0.3 is 58.7 Å². The summed E-state index contributed by atoms with van der Waals surface area (Å²) in [6.07, 6.45) is 3.05. The predicted octanol–water partition coefficient (Wildman–Crippen LogP) is -4.91. The van der Waals surface area contributed by atoms with Crippen molar-refractivity contribution in [2.24, 2.45) is 17.4 Å². The number of hydrogen-bond donors (Lipinski definition) is 11. The van der Waals surface area contributed by atoms with Crippen LogP contribution in [0.4, 0.5) is 0 Å². The average molecular weight is 665 g/mol. The second-order valence-electron chi connectivity index (χ2n) is 10.3. The number of unbranched alkanes of at least 4 members (excludes halogenated alkanes) is 1. The van der Waals surface area contributed by atoms with Crippen LogP contribution in [0.15, 0.2) is 0 Å². The summed E-state index contributed by atoms with van der Waals surface area (Å²) < 4.78 is 0. The molecule has 0 aromatic carbocycles. The van der Waals surface area contributed by atoms with Crippen LogP contribution in [0, 0.1) is 5.92 Å². The summed E-state index contributed by atoms with van der Waals surface area (Å²) >= 11 is 1.38. The highest BCUT2D eigenvalue weighted by atomic mass is 32.2. The van der Waals surface area contributed by atoms with E-state index < -0.39 is 97.9 Å². The number of thioether (sulfide) groups is 1. The van der Waals surface area contributed by atoms with Gasteiger partial charge in [-0.15, -0.1) is 0 Å². The van der Waals surface area contributed by atoms with Gasteiger partial charge in [0.25, 0.3) is 0 Å². The molecule has 13 N–H and O–H groups in total. The number of aliphatic hydroxyl groups excluding tert-OH is 2. The highest BCUT2D eigenvalue weighted by molar-refractivity contribution is 7.98. The zero-order valence-electron chi connectivity index (χ0n) is 25.8. The predicted molar refractivity (Wildman–Crippen MR) is 164 cm³/mol. The molecule has 0 unspecified atom stereocenters. The first-order chi connectivity index (χ1) is 21.2. The van der Waals surface area contributed by atoms with E-state index in [9.17, 15) is 48.9 Å². The number of carbonyl (C=O) groups excluding carboxylic acids is 6. The molecular weight excluding hydrogens is 616 g/mol. The summed E-state index contributed by atoms with van der Waals surface area (Å²) in [5.74, 6) is -5.96. The number of nitrogens with two attached hydrogens (primary N) is 2. The fourth-order valence-electron chi connectivity index (χ4n) is 3.56. The Kier molecular flexibility index (Phi) is 21.1. The van der Waals surface area contributed by atoms with E-state index in [0.29, 0.717) is 25.1 Å². The summed E-state index contributed by atoms with van der Waals surface area (Å²) in [6.45, 7) is 0.889. The van der Waals surface area contributed by atoms with Crippen LogP contribution in [-0.2, 0) is 33.6 Å². The molecule has 5 atom stereocenters. The summed E-state index contributed by atoms with van der Waals surface area (Å²) in [5.41, 5.74) is 11.1. The number of amides is 6. The van der Waals surface area contributed by atoms with Crippen LogP contribution in [0.3, 0.4) is 0 Å². The Morgan fingerprint density at radius 1 is 0.689 bits per heavy atom. The number of aliphatic carboxylic acids is 1. The molecule has 0 saturated carbocycles. The fourth-order valence-corrected chi connectivity index (χ4v) is 4.03. The van der Waals surface area contributed by atoms with Crippen LogP contribution in [0.1, 0.15) is 39.5 Å². The van der Waals surface area contributed by atoms with Crippen molar-refractivity contribution in [2.75, 3.05) is 44.9 Å². The standard InChI is InChI=1S/C26H48N8O10S/c1-14(2)21(28)25(42)30-11-19(37)31-15(7-9-45-3)23(40)34-18(13-36)24(41)33-17(12-35)22(39)29-10-20(38)32-16(26(43)44)6-4-5-8-27/h14-18,21,35-36H,4-13,27-28H2,1-3H3,(H,29,39)(H,30,42)(H,31,37)(H,32,38)(H,33,41)(H,34,40)(H,43,44)/t15-,16-,17-,18-,21-/m0/s1. The van der Waals surface area contributed by atoms with Gasteiger partial charge in [0.05, 0.1) is 32.3 Å². The second-order valence-corrected chi connectivity index (χ2v) is 11.3. The summed E-state index contributed by atoms with van der Waals surface area (Å²) in [5, 5.41) is 42.3. The third-order valence-corrected chi connectivity index (χ3v) is 6.98. The number of nitrogens with one attached hydrogen (secondary N) is 6. The summed E-state index contributed by atoms with van der Waals surface area (Å²) in [6, 6.07) is -6.37. The first kappa shape index (κ1) is 41.5. The van der Waals surface area contributed by atoms with E-state index in [1.165, 1.54) is 11.8 Å². The van der Waals surface area contributed by atoms with E-state index in [4.69, 9.17) is 11.5 Å². The SMILES string of the molecule is CSCC[C@H](NC(=O)CNC(=O)[C@@H](N)C(C)C)C(=O)N[C@@H](CO)C(=O)N[C@@H](CO)C(=O)NCC(=O)N[C@@H](CCCCN)C(=O)O. The summed E-state index contributed by atoms with van der Waals surface area (Å²) in [7, 11) is 0. The first-order valence-corrected chi connectivity index (χ1v) is 15.8. The lowest BCUT2D eigenvalue weighted by Gasteiger charge is -2.24. The van der Waals surface area contributed by atoms with E-state index >= 15 is 0 Å². The Labute approximate surface area is 265 Å². The minimum absolute atomic E-state index is 0.126. The van der Waals surface area contributed by atoms with Crippen molar-refractivity contribution >= 4 is 53.2 Å². The highest BCUT2D eigenvalue weighted by Gasteiger charge is 2.30. The maximum Gasteiger partial charge on any atom is 0.326 e. The largest absolute Gasteiger partial charge is 0.480 e. The van der Waals surface area contributed by atoms with Crippen molar-refractivity contribution in [3.8, 4) is 0 Å². The smallest absolute Gasteiger partial charge is 0.326 e. The number of carboxylic acid groups (broad SMARTS) is 1. The molecule has 0 bridgehead atoms. The number of carbonyl (C=O) groups is 7. The first-order valence-electron chi connectivity index (χ1n) is 14.4. The van der Waals surface area contributed by atoms with Gasteiger partial charge in [-0.1, -0.05) is 13.8 Å². The van der Waals surface area contributed by atoms with Crippen molar-refractivity contribution in [3.05, 3.63) is 0 Å². The zero-order valence-corrected chi connectivity index (χ0v) is 26.6. The topological polar surface area (TPSA) is 304 Å². The lowest BCUT2D eigenvalue weighted by Crippen LogP contribution is -2.59. The fraction of sp³-hybridized carbons (Fsp3) is 0.731. The number of aliphatic hydroxyl groups is 2. The summed E-state index contributed by atoms with van der Waals surface area (Å²) in [4.78, 5) is 86.1. The third kappa shape index (κ3) is 16.9. The van der Waals surface area contributed by atoms with Gasteiger partial charge in [-0.05, 0) is 50.2 Å². The van der Waals surface area contributed by atoms with Crippen molar-refractivity contribution in [1.82, 2.24) is 31.9 Å². The van der Waals surface area contributed by atoms with Gasteiger partial charge in [-0.3, -0.25) is 28.8 Å². The minimum Gasteiger partial charge on any atom is -0.480 e. The number of carboxylic acids is 1. The van der Waals surface area contributed by atoms with Gasteiger partial charge in [0.2, 0.25) is 35.4 Å². The van der Waals surface area contributed by atoms with Crippen LogP contribution < -0.4 is 43.4 Å². The Balaban J connectivity index is 5.15. The van der Waals surface area contributed by atoms with E-state index in [1.807, 2.05) is 0 Å². The number of hydrogen-bond acceptors (Lipinski definition) is 12. The molecule has 0 aliphatic carbocycles. The molecule has 0 aliphatic rings. The average Bonchev–Trinajstić information content (AvgIpc) is 3.00. The van der Waals surface area contributed by atoms with Crippen LogP contribution >= 0.6 is 11.8 Å². The molecular formula is C26H48N8O10S. The van der Waals surface area contributed by atoms with E-state index in [0.717, 1.165) is 0 Å². The highest BCUT2D eigenvalue weighted by Crippen LogP contribution is 2.03. The molecule has 0 radical (unpaired) electrons. The lowest BCUT2D eigenvalue weighted by atomic mass is 10.1. The van der Waals surface area contributed by atoms with Gasteiger partial charge in [0.1, 0.15) is 24.2 Å². The van der Waals surface area contributed by atoms with Gasteiger partial charge in [-0.25, -0.2) is 4.79 Å². The molecule has 0 rings (SSSR count). The van der Waals surface area contributed by atoms with Crippen molar-refractivity contribution in [2.45, 2.75) is 69.7 Å². The molecule has 6 amide bonds. The number of rotatable bonds is 23. The van der Waals surface area contributed by atoms with Crippen LogP contribution in [0.5, 0.6) is 0 Å². The zero-order chi connectivity index (χ0) is 34.5. The maximum absolute atomic E-state index is 12.9.